The molecule has 0 aliphatic heterocycles. The van der Waals surface area contributed by atoms with Crippen LogP contribution in [0.15, 0.2) is 24.3 Å². The van der Waals surface area contributed by atoms with Crippen LogP contribution in [0.25, 0.3) is 0 Å². The van der Waals surface area contributed by atoms with Gasteiger partial charge in [0, 0.05) is 12.2 Å². The lowest BCUT2D eigenvalue weighted by atomic mass is 10.2. The number of benzene rings is 1. The molecule has 0 saturated carbocycles. The molecule has 1 atom stereocenters. The quantitative estimate of drug-likeness (QED) is 0.858. The molecule has 0 unspecified atom stereocenters. The number of aryl methyl sites for hydroxylation is 1. The Kier molecular flexibility index (Phi) is 4.71. The Hall–Kier alpha value is -2.04. The summed E-state index contributed by atoms with van der Waals surface area (Å²) in [6, 6.07) is 6.18. The molecule has 5 nitrogen and oxygen atoms in total. The third-order valence-corrected chi connectivity index (χ3v) is 2.62. The maximum Gasteiger partial charge on any atom is 0.325 e. The van der Waals surface area contributed by atoms with E-state index in [0.717, 1.165) is 11.3 Å². The molecule has 1 aromatic rings. The molecule has 0 radical (unpaired) electrons. The molecule has 0 spiro atoms. The molecular weight excluding hydrogens is 232 g/mol. The van der Waals surface area contributed by atoms with Crippen molar-refractivity contribution in [2.75, 3.05) is 11.4 Å². The van der Waals surface area contributed by atoms with E-state index in [1.165, 1.54) is 11.8 Å². The number of amides is 2. The second-order valence-electron chi connectivity index (χ2n) is 4.09. The third-order valence-electron chi connectivity index (χ3n) is 2.62. The second-order valence-corrected chi connectivity index (χ2v) is 4.09. The van der Waals surface area contributed by atoms with E-state index in [4.69, 9.17) is 5.11 Å². The summed E-state index contributed by atoms with van der Waals surface area (Å²) in [5, 5.41) is 11.2. The van der Waals surface area contributed by atoms with E-state index in [9.17, 15) is 9.59 Å². The van der Waals surface area contributed by atoms with E-state index in [0.29, 0.717) is 6.54 Å². The number of carbonyl (C=O) groups is 2. The highest BCUT2D eigenvalue weighted by atomic mass is 16.4. The molecular formula is C13H18N2O3. The Balaban J connectivity index is 2.80. The number of rotatable bonds is 4. The van der Waals surface area contributed by atoms with Gasteiger partial charge in [-0.1, -0.05) is 17.7 Å². The number of nitrogens with one attached hydrogen (secondary N) is 1. The average Bonchev–Trinajstić information content (AvgIpc) is 2.32. The van der Waals surface area contributed by atoms with E-state index in [1.54, 1.807) is 0 Å². The molecule has 2 amide bonds. The van der Waals surface area contributed by atoms with Crippen LogP contribution in [0.3, 0.4) is 0 Å². The Bertz CT molecular complexity index is 428. The summed E-state index contributed by atoms with van der Waals surface area (Å²) in [6.45, 7) is 5.71. The topological polar surface area (TPSA) is 69.6 Å². The van der Waals surface area contributed by atoms with Crippen LogP contribution in [0.2, 0.25) is 0 Å². The number of hydrogen-bond donors (Lipinski definition) is 2. The van der Waals surface area contributed by atoms with Gasteiger partial charge in [-0.25, -0.2) is 4.79 Å². The normalized spacial score (nSPS) is 11.7. The van der Waals surface area contributed by atoms with E-state index in [2.05, 4.69) is 5.32 Å². The predicted octanol–water partition coefficient (Wildman–Crippen LogP) is 2.00. The number of carbonyl (C=O) groups excluding carboxylic acids is 1. The van der Waals surface area contributed by atoms with E-state index in [-0.39, 0.29) is 0 Å². The lowest BCUT2D eigenvalue weighted by molar-refractivity contribution is -0.138. The highest BCUT2D eigenvalue weighted by molar-refractivity contribution is 5.94. The number of aliphatic carboxylic acids is 1. The first kappa shape index (κ1) is 14.0. The number of urea groups is 1. The molecule has 0 bridgehead atoms. The number of anilines is 1. The van der Waals surface area contributed by atoms with Gasteiger partial charge in [0.25, 0.3) is 0 Å². The summed E-state index contributed by atoms with van der Waals surface area (Å²) in [7, 11) is 0. The molecule has 0 aliphatic rings. The fourth-order valence-electron chi connectivity index (χ4n) is 1.49. The zero-order chi connectivity index (χ0) is 13.7. The summed E-state index contributed by atoms with van der Waals surface area (Å²) in [6.07, 6.45) is 0. The van der Waals surface area contributed by atoms with Gasteiger partial charge in [-0.15, -0.1) is 0 Å². The zero-order valence-electron chi connectivity index (χ0n) is 10.8. The van der Waals surface area contributed by atoms with Crippen molar-refractivity contribution in [1.82, 2.24) is 5.32 Å². The van der Waals surface area contributed by atoms with E-state index >= 15 is 0 Å². The Morgan fingerprint density at radius 3 is 2.33 bits per heavy atom. The molecule has 0 aliphatic carbocycles. The van der Waals surface area contributed by atoms with Gasteiger partial charge in [-0.3, -0.25) is 9.69 Å². The third kappa shape index (κ3) is 3.48. The van der Waals surface area contributed by atoms with Crippen LogP contribution in [-0.2, 0) is 4.79 Å². The fraction of sp³-hybridized carbons (Fsp3) is 0.385. The Labute approximate surface area is 106 Å². The van der Waals surface area contributed by atoms with Gasteiger partial charge in [-0.05, 0) is 32.9 Å². The number of hydrogen-bond acceptors (Lipinski definition) is 2. The minimum Gasteiger partial charge on any atom is -0.480 e. The highest BCUT2D eigenvalue weighted by Gasteiger charge is 2.19. The first-order valence-corrected chi connectivity index (χ1v) is 5.83. The van der Waals surface area contributed by atoms with Crippen LogP contribution >= 0.6 is 0 Å². The Morgan fingerprint density at radius 2 is 1.89 bits per heavy atom. The monoisotopic (exact) mass is 250 g/mol. The standard InChI is InChI=1S/C13H18N2O3/c1-4-15(11-7-5-9(2)6-8-11)13(18)14-10(3)12(16)17/h5-8,10H,4H2,1-3H3,(H,14,18)(H,16,17)/t10-/m1/s1. The molecule has 0 aromatic heterocycles. The number of nitrogens with zero attached hydrogens (tertiary/aromatic N) is 1. The predicted molar refractivity (Wildman–Crippen MR) is 69.8 cm³/mol. The van der Waals surface area contributed by atoms with Crippen LogP contribution in [-0.4, -0.2) is 29.7 Å². The molecule has 0 saturated heterocycles. The molecule has 5 heteroatoms. The minimum absolute atomic E-state index is 0.406. The number of carboxylic acid groups (broad SMARTS) is 1. The van der Waals surface area contributed by atoms with Crippen molar-refractivity contribution >= 4 is 17.7 Å². The van der Waals surface area contributed by atoms with Crippen LogP contribution in [0.4, 0.5) is 10.5 Å². The minimum atomic E-state index is -1.05. The van der Waals surface area contributed by atoms with E-state index < -0.39 is 18.0 Å². The van der Waals surface area contributed by atoms with Gasteiger partial charge in [0.15, 0.2) is 0 Å². The smallest absolute Gasteiger partial charge is 0.325 e. The molecule has 18 heavy (non-hydrogen) atoms. The maximum atomic E-state index is 11.9. The molecule has 1 rings (SSSR count). The highest BCUT2D eigenvalue weighted by Crippen LogP contribution is 2.15. The van der Waals surface area contributed by atoms with Gasteiger partial charge in [0.05, 0.1) is 0 Å². The van der Waals surface area contributed by atoms with Crippen LogP contribution in [0, 0.1) is 6.92 Å². The number of carboxylic acids is 1. The van der Waals surface area contributed by atoms with Crippen molar-refractivity contribution in [3.05, 3.63) is 29.8 Å². The van der Waals surface area contributed by atoms with Gasteiger partial charge in [-0.2, -0.15) is 0 Å². The van der Waals surface area contributed by atoms with Crippen molar-refractivity contribution in [1.29, 1.82) is 0 Å². The summed E-state index contributed by atoms with van der Waals surface area (Å²) in [5.74, 6) is -1.05. The Morgan fingerprint density at radius 1 is 1.33 bits per heavy atom. The van der Waals surface area contributed by atoms with Gasteiger partial charge in [0.2, 0.25) is 0 Å². The van der Waals surface area contributed by atoms with Crippen molar-refractivity contribution < 1.29 is 14.7 Å². The molecule has 2 N–H and O–H groups in total. The van der Waals surface area contributed by atoms with Crippen molar-refractivity contribution in [2.45, 2.75) is 26.8 Å². The van der Waals surface area contributed by atoms with Gasteiger partial charge >= 0.3 is 12.0 Å². The summed E-state index contributed by atoms with van der Waals surface area (Å²) in [5.41, 5.74) is 1.85. The molecule has 98 valence electrons. The van der Waals surface area contributed by atoms with Crippen molar-refractivity contribution in [3.63, 3.8) is 0 Å². The second kappa shape index (κ2) is 6.05. The summed E-state index contributed by atoms with van der Waals surface area (Å²) < 4.78 is 0. The van der Waals surface area contributed by atoms with Crippen LogP contribution in [0.5, 0.6) is 0 Å². The molecule has 0 heterocycles. The zero-order valence-corrected chi connectivity index (χ0v) is 10.8. The first-order chi connectivity index (χ1) is 8.45. The van der Waals surface area contributed by atoms with Gasteiger partial charge < -0.3 is 10.4 Å². The van der Waals surface area contributed by atoms with Gasteiger partial charge in [0.1, 0.15) is 6.04 Å². The van der Waals surface area contributed by atoms with Crippen molar-refractivity contribution in [2.24, 2.45) is 0 Å². The van der Waals surface area contributed by atoms with Crippen LogP contribution < -0.4 is 10.2 Å². The first-order valence-electron chi connectivity index (χ1n) is 5.83. The van der Waals surface area contributed by atoms with E-state index in [1.807, 2.05) is 38.1 Å². The lowest BCUT2D eigenvalue weighted by Crippen LogP contribution is -2.46. The molecule has 0 fully saturated rings. The largest absolute Gasteiger partial charge is 0.480 e. The van der Waals surface area contributed by atoms with Crippen molar-refractivity contribution in [3.8, 4) is 0 Å². The summed E-state index contributed by atoms with van der Waals surface area (Å²) >= 11 is 0. The SMILES string of the molecule is CCN(C(=O)N[C@H](C)C(=O)O)c1ccc(C)cc1. The maximum absolute atomic E-state index is 11.9. The van der Waals surface area contributed by atoms with Crippen LogP contribution in [0.1, 0.15) is 19.4 Å². The lowest BCUT2D eigenvalue weighted by Gasteiger charge is -2.23. The fourth-order valence-corrected chi connectivity index (χ4v) is 1.49. The summed E-state index contributed by atoms with van der Waals surface area (Å²) in [4.78, 5) is 24.1. The molecule has 1 aromatic carbocycles. The average molecular weight is 250 g/mol.